The van der Waals surface area contributed by atoms with Gasteiger partial charge >= 0.3 is 6.03 Å². The summed E-state index contributed by atoms with van der Waals surface area (Å²) >= 11 is 0. The van der Waals surface area contributed by atoms with Gasteiger partial charge in [-0.05, 0) is 37.8 Å². The molecule has 2 amide bonds. The van der Waals surface area contributed by atoms with Gasteiger partial charge in [0, 0.05) is 50.0 Å². The molecule has 0 bridgehead atoms. The molecule has 11 nitrogen and oxygen atoms in total. The Labute approximate surface area is 229 Å². The number of carbonyl (C=O) groups is 1. The molecule has 3 aliphatic rings. The average molecular weight is 534 g/mol. The number of piperazine rings is 1. The van der Waals surface area contributed by atoms with E-state index in [9.17, 15) is 4.79 Å². The first-order valence-corrected chi connectivity index (χ1v) is 14.4. The second kappa shape index (κ2) is 11.5. The van der Waals surface area contributed by atoms with Crippen molar-refractivity contribution >= 4 is 40.3 Å². The molecule has 2 saturated carbocycles. The Morgan fingerprint density at radius 2 is 1.72 bits per heavy atom. The smallest absolute Gasteiger partial charge is 0.317 e. The molecule has 4 N–H and O–H groups in total. The van der Waals surface area contributed by atoms with Gasteiger partial charge in [-0.3, -0.25) is 0 Å². The van der Waals surface area contributed by atoms with Crippen molar-refractivity contribution in [3.05, 3.63) is 24.5 Å². The first-order chi connectivity index (χ1) is 19.2. The van der Waals surface area contributed by atoms with Crippen molar-refractivity contribution in [1.29, 1.82) is 0 Å². The largest absolute Gasteiger partial charge is 0.494 e. The van der Waals surface area contributed by atoms with Crippen molar-refractivity contribution in [1.82, 2.24) is 30.2 Å². The van der Waals surface area contributed by atoms with Gasteiger partial charge in [0.25, 0.3) is 0 Å². The normalized spacial score (nSPS) is 18.9. The van der Waals surface area contributed by atoms with Crippen LogP contribution in [0.2, 0.25) is 0 Å². The number of H-pyrrole nitrogens is 1. The number of hydrogen-bond acceptors (Lipinski definition) is 8. The molecular formula is C28H39N9O2. The third-order valence-electron chi connectivity index (χ3n) is 8.27. The standard InChI is InChI=1S/C28H39N9O2/c1-39-23-17-21(36-13-15-37(16-14-36)28(38)32-20-9-5-6-10-20)11-12-22(23)33-27-34-25-24(29-18-30-25)26(35-27)31-19-7-3-2-4-8-19/h11-12,17-20H,2-10,13-16H2,1H3,(H,32,38)(H3,29,30,31,33,34,35). The number of nitrogens with zero attached hydrogens (tertiary/aromatic N) is 5. The molecule has 11 heteroatoms. The molecule has 0 unspecified atom stereocenters. The van der Waals surface area contributed by atoms with Crippen LogP contribution in [0.1, 0.15) is 57.8 Å². The predicted octanol–water partition coefficient (Wildman–Crippen LogP) is 4.62. The van der Waals surface area contributed by atoms with Crippen LogP contribution in [0.15, 0.2) is 24.5 Å². The minimum absolute atomic E-state index is 0.0743. The van der Waals surface area contributed by atoms with Gasteiger partial charge in [0.2, 0.25) is 5.95 Å². The van der Waals surface area contributed by atoms with E-state index in [1.807, 2.05) is 17.0 Å². The Bertz CT molecular complexity index is 1280. The number of benzene rings is 1. The molecule has 1 aromatic carbocycles. The van der Waals surface area contributed by atoms with Crippen LogP contribution in [0.25, 0.3) is 11.2 Å². The summed E-state index contributed by atoms with van der Waals surface area (Å²) in [6.45, 7) is 2.97. The summed E-state index contributed by atoms with van der Waals surface area (Å²) in [4.78, 5) is 33.9. The first-order valence-electron chi connectivity index (χ1n) is 14.4. The molecule has 3 aromatic rings. The van der Waals surface area contributed by atoms with Crippen LogP contribution in [-0.2, 0) is 0 Å². The Balaban J connectivity index is 1.12. The van der Waals surface area contributed by atoms with Crippen molar-refractivity contribution in [3.63, 3.8) is 0 Å². The highest BCUT2D eigenvalue weighted by atomic mass is 16.5. The molecule has 6 rings (SSSR count). The van der Waals surface area contributed by atoms with Gasteiger partial charge in [0.05, 0.1) is 19.1 Å². The third kappa shape index (κ3) is 5.81. The second-order valence-electron chi connectivity index (χ2n) is 10.9. The zero-order chi connectivity index (χ0) is 26.6. The predicted molar refractivity (Wildman–Crippen MR) is 153 cm³/mol. The lowest BCUT2D eigenvalue weighted by Crippen LogP contribution is -2.53. The summed E-state index contributed by atoms with van der Waals surface area (Å²) in [6, 6.07) is 6.94. The number of aromatic nitrogens is 4. The summed E-state index contributed by atoms with van der Waals surface area (Å²) in [5, 5.41) is 10.2. The molecule has 0 atom stereocenters. The van der Waals surface area contributed by atoms with Crippen molar-refractivity contribution in [2.75, 3.05) is 48.8 Å². The lowest BCUT2D eigenvalue weighted by Gasteiger charge is -2.36. The van der Waals surface area contributed by atoms with E-state index < -0.39 is 0 Å². The lowest BCUT2D eigenvalue weighted by molar-refractivity contribution is 0.190. The van der Waals surface area contributed by atoms with Crippen LogP contribution in [0, 0.1) is 0 Å². The molecule has 2 aliphatic carbocycles. The topological polar surface area (TPSA) is 123 Å². The second-order valence-corrected chi connectivity index (χ2v) is 10.9. The number of hydrogen-bond donors (Lipinski definition) is 4. The van der Waals surface area contributed by atoms with Gasteiger partial charge in [-0.1, -0.05) is 32.1 Å². The quantitative estimate of drug-likeness (QED) is 0.347. The maximum Gasteiger partial charge on any atom is 0.317 e. The Kier molecular flexibility index (Phi) is 7.55. The van der Waals surface area contributed by atoms with Crippen molar-refractivity contribution < 1.29 is 9.53 Å². The van der Waals surface area contributed by atoms with E-state index in [2.05, 4.69) is 41.9 Å². The Morgan fingerprint density at radius 1 is 0.974 bits per heavy atom. The Hall–Kier alpha value is -3.76. The summed E-state index contributed by atoms with van der Waals surface area (Å²) in [5.74, 6) is 1.95. The van der Waals surface area contributed by atoms with E-state index in [-0.39, 0.29) is 6.03 Å². The fraction of sp³-hybridized carbons (Fsp3) is 0.571. The molecule has 1 aliphatic heterocycles. The number of aromatic amines is 1. The van der Waals surface area contributed by atoms with E-state index in [0.717, 1.165) is 61.5 Å². The number of anilines is 4. The van der Waals surface area contributed by atoms with Crippen LogP contribution in [-0.4, -0.2) is 76.2 Å². The number of carbonyl (C=O) groups excluding carboxylic acids is 1. The van der Waals surface area contributed by atoms with Gasteiger partial charge in [0.1, 0.15) is 11.3 Å². The highest BCUT2D eigenvalue weighted by Crippen LogP contribution is 2.33. The Morgan fingerprint density at radius 3 is 2.49 bits per heavy atom. The van der Waals surface area contributed by atoms with E-state index >= 15 is 0 Å². The van der Waals surface area contributed by atoms with Crippen molar-refractivity contribution in [2.24, 2.45) is 0 Å². The molecule has 0 spiro atoms. The molecule has 3 heterocycles. The summed E-state index contributed by atoms with van der Waals surface area (Å²) < 4.78 is 5.75. The van der Waals surface area contributed by atoms with Crippen molar-refractivity contribution in [3.8, 4) is 5.75 Å². The minimum atomic E-state index is 0.0743. The van der Waals surface area contributed by atoms with Gasteiger partial charge in [-0.25, -0.2) is 9.78 Å². The zero-order valence-electron chi connectivity index (χ0n) is 22.7. The monoisotopic (exact) mass is 533 g/mol. The summed E-state index contributed by atoms with van der Waals surface area (Å²) in [5.41, 5.74) is 3.30. The van der Waals surface area contributed by atoms with Crippen molar-refractivity contribution in [2.45, 2.75) is 69.9 Å². The molecule has 3 fully saturated rings. The lowest BCUT2D eigenvalue weighted by atomic mass is 9.95. The molecule has 2 aromatic heterocycles. The molecule has 0 radical (unpaired) electrons. The fourth-order valence-corrected chi connectivity index (χ4v) is 6.04. The van der Waals surface area contributed by atoms with Crippen LogP contribution < -0.4 is 25.6 Å². The number of imidazole rings is 1. The average Bonchev–Trinajstić information content (AvgIpc) is 3.66. The maximum atomic E-state index is 12.7. The van der Waals surface area contributed by atoms with Crippen LogP contribution in [0.3, 0.4) is 0 Å². The SMILES string of the molecule is COc1cc(N2CCN(C(=O)NC3CCCC3)CC2)ccc1Nc1nc(NC2CCCCC2)c2nc[nH]c2n1. The van der Waals surface area contributed by atoms with Gasteiger partial charge in [-0.2, -0.15) is 9.97 Å². The number of rotatable bonds is 7. The highest BCUT2D eigenvalue weighted by molar-refractivity contribution is 5.84. The van der Waals surface area contributed by atoms with E-state index in [4.69, 9.17) is 9.72 Å². The zero-order valence-corrected chi connectivity index (χ0v) is 22.7. The third-order valence-corrected chi connectivity index (χ3v) is 8.27. The number of amides is 2. The molecule has 208 valence electrons. The van der Waals surface area contributed by atoms with Gasteiger partial charge in [-0.15, -0.1) is 0 Å². The molecule has 39 heavy (non-hydrogen) atoms. The number of ether oxygens (including phenoxy) is 1. The highest BCUT2D eigenvalue weighted by Gasteiger charge is 2.25. The minimum Gasteiger partial charge on any atom is -0.494 e. The van der Waals surface area contributed by atoms with Gasteiger partial charge < -0.3 is 35.5 Å². The molecular weight excluding hydrogens is 494 g/mol. The number of fused-ring (bicyclic) bond motifs is 1. The first kappa shape index (κ1) is 25.5. The number of methoxy groups -OCH3 is 1. The van der Waals surface area contributed by atoms with Crippen LogP contribution in [0.4, 0.5) is 27.9 Å². The molecule has 1 saturated heterocycles. The van der Waals surface area contributed by atoms with E-state index in [1.54, 1.807) is 13.4 Å². The van der Waals surface area contributed by atoms with Crippen LogP contribution in [0.5, 0.6) is 5.75 Å². The van der Waals surface area contributed by atoms with E-state index in [1.165, 1.54) is 32.1 Å². The van der Waals surface area contributed by atoms with E-state index in [0.29, 0.717) is 42.5 Å². The van der Waals surface area contributed by atoms with Gasteiger partial charge in [0.15, 0.2) is 11.5 Å². The summed E-state index contributed by atoms with van der Waals surface area (Å²) in [6.07, 6.45) is 12.4. The van der Waals surface area contributed by atoms with Crippen LogP contribution >= 0.6 is 0 Å². The number of urea groups is 1. The number of nitrogens with one attached hydrogen (secondary N) is 4. The fourth-order valence-electron chi connectivity index (χ4n) is 6.04. The maximum absolute atomic E-state index is 12.7. The summed E-state index contributed by atoms with van der Waals surface area (Å²) in [7, 11) is 1.67.